The third kappa shape index (κ3) is 7.37. The second-order valence-corrected chi connectivity index (χ2v) is 9.73. The average molecular weight is 461 g/mol. The van der Waals surface area contributed by atoms with Gasteiger partial charge in [-0.05, 0) is 54.1 Å². The normalized spacial score (nSPS) is 10.5. The second-order valence-electron chi connectivity index (χ2n) is 5.92. The molecule has 148 valence electrons. The minimum Gasteiger partial charge on any atom is -0.301 e. The topological polar surface area (TPSA) is 78.7 Å². The Labute approximate surface area is 186 Å². The lowest BCUT2D eigenvalue weighted by Gasteiger charge is -2.02. The summed E-state index contributed by atoms with van der Waals surface area (Å²) >= 11 is 10.5. The molecule has 0 saturated carbocycles. The highest BCUT2D eigenvalue weighted by Crippen LogP contribution is 2.28. The molecule has 0 aliphatic rings. The number of carbonyl (C=O) groups is 1. The van der Waals surface area contributed by atoms with E-state index in [2.05, 4.69) is 21.6 Å². The molecule has 0 aliphatic carbocycles. The minimum absolute atomic E-state index is 0.0542. The molecule has 3 aromatic rings. The fraction of sp³-hybridized carbons (Fsp3) is 0.200. The van der Waals surface area contributed by atoms with Gasteiger partial charge in [-0.1, -0.05) is 46.8 Å². The summed E-state index contributed by atoms with van der Waals surface area (Å²) in [5, 5.41) is 21.0. The number of benzene rings is 2. The Kier molecular flexibility index (Phi) is 8.38. The number of aromatic nitrogens is 2. The predicted molar refractivity (Wildman–Crippen MR) is 121 cm³/mol. The Hall–Kier alpha value is -2.05. The fourth-order valence-corrected chi connectivity index (χ4v) is 4.98. The van der Waals surface area contributed by atoms with Gasteiger partial charge in [0.25, 0.3) is 0 Å². The van der Waals surface area contributed by atoms with Crippen molar-refractivity contribution in [1.29, 1.82) is 5.26 Å². The molecule has 0 spiro atoms. The number of anilines is 1. The lowest BCUT2D eigenvalue weighted by atomic mass is 10.2. The molecule has 5 nitrogen and oxygen atoms in total. The Morgan fingerprint density at radius 2 is 1.86 bits per heavy atom. The molecule has 1 heterocycles. The molecule has 0 aliphatic heterocycles. The number of nitriles is 1. The predicted octanol–water partition coefficient (Wildman–Crippen LogP) is 5.87. The van der Waals surface area contributed by atoms with Crippen molar-refractivity contribution in [3.8, 4) is 6.07 Å². The van der Waals surface area contributed by atoms with Crippen molar-refractivity contribution in [1.82, 2.24) is 10.2 Å². The van der Waals surface area contributed by atoms with Gasteiger partial charge in [0.2, 0.25) is 11.0 Å². The van der Waals surface area contributed by atoms with E-state index in [9.17, 15) is 4.79 Å². The number of amides is 1. The van der Waals surface area contributed by atoms with E-state index in [4.69, 9.17) is 16.9 Å². The molecule has 0 atom stereocenters. The van der Waals surface area contributed by atoms with Crippen molar-refractivity contribution >= 4 is 57.5 Å². The zero-order valence-corrected chi connectivity index (χ0v) is 18.5. The van der Waals surface area contributed by atoms with Crippen molar-refractivity contribution in [2.45, 2.75) is 27.8 Å². The van der Waals surface area contributed by atoms with Gasteiger partial charge in [0, 0.05) is 22.1 Å². The van der Waals surface area contributed by atoms with Crippen molar-refractivity contribution in [3.05, 3.63) is 64.7 Å². The Morgan fingerprint density at radius 3 is 2.59 bits per heavy atom. The van der Waals surface area contributed by atoms with Crippen molar-refractivity contribution in [2.24, 2.45) is 0 Å². The maximum atomic E-state index is 12.1. The van der Waals surface area contributed by atoms with E-state index in [1.165, 1.54) is 11.3 Å². The molecule has 3 rings (SSSR count). The molecule has 1 N–H and O–H groups in total. The number of nitrogens with zero attached hydrogens (tertiary/aromatic N) is 3. The van der Waals surface area contributed by atoms with Crippen LogP contribution in [-0.4, -0.2) is 21.9 Å². The van der Waals surface area contributed by atoms with Gasteiger partial charge in [0.1, 0.15) is 0 Å². The van der Waals surface area contributed by atoms with Crippen LogP contribution in [0.2, 0.25) is 5.02 Å². The third-order valence-electron chi connectivity index (χ3n) is 3.73. The number of hydrogen-bond acceptors (Lipinski definition) is 7. The van der Waals surface area contributed by atoms with E-state index < -0.39 is 0 Å². The Bertz CT molecular complexity index is 984. The number of rotatable bonds is 9. The standard InChI is InChI=1S/C20H17ClN4OS3/c21-16-7-9-17(10-8-16)27-11-1-2-18(26)23-19-24-25-20(29-19)28-13-15-5-3-14(12-22)4-6-15/h3-10H,1-2,11,13H2,(H,23,24,26). The third-order valence-corrected chi connectivity index (χ3v) is 7.12. The van der Waals surface area contributed by atoms with Gasteiger partial charge >= 0.3 is 0 Å². The maximum absolute atomic E-state index is 12.1. The molecular formula is C20H17ClN4OS3. The first kappa shape index (κ1) is 21.7. The molecule has 0 unspecified atom stereocenters. The SMILES string of the molecule is N#Cc1ccc(CSc2nnc(NC(=O)CCCSc3ccc(Cl)cc3)s2)cc1. The van der Waals surface area contributed by atoms with E-state index in [1.807, 2.05) is 36.4 Å². The lowest BCUT2D eigenvalue weighted by molar-refractivity contribution is -0.116. The second kappa shape index (κ2) is 11.2. The summed E-state index contributed by atoms with van der Waals surface area (Å²) in [4.78, 5) is 13.2. The first-order valence-corrected chi connectivity index (χ1v) is 11.9. The van der Waals surface area contributed by atoms with Crippen LogP contribution in [-0.2, 0) is 10.5 Å². The fourth-order valence-electron chi connectivity index (χ4n) is 2.27. The molecule has 0 fully saturated rings. The molecule has 1 aromatic heterocycles. The number of halogens is 1. The molecule has 29 heavy (non-hydrogen) atoms. The van der Waals surface area contributed by atoms with Crippen LogP contribution in [0.3, 0.4) is 0 Å². The zero-order valence-electron chi connectivity index (χ0n) is 15.3. The highest BCUT2D eigenvalue weighted by Gasteiger charge is 2.09. The monoisotopic (exact) mass is 460 g/mol. The van der Waals surface area contributed by atoms with Crippen LogP contribution in [0.15, 0.2) is 57.8 Å². The summed E-state index contributed by atoms with van der Waals surface area (Å²) in [6, 6.07) is 17.2. The van der Waals surface area contributed by atoms with Gasteiger partial charge in [-0.25, -0.2) is 0 Å². The van der Waals surface area contributed by atoms with Crippen LogP contribution in [0.5, 0.6) is 0 Å². The van der Waals surface area contributed by atoms with Gasteiger partial charge in [0.05, 0.1) is 11.6 Å². The summed E-state index contributed by atoms with van der Waals surface area (Å²) in [6.45, 7) is 0. The summed E-state index contributed by atoms with van der Waals surface area (Å²) in [5.41, 5.74) is 1.75. The van der Waals surface area contributed by atoms with Crippen LogP contribution in [0.25, 0.3) is 0 Å². The molecule has 9 heteroatoms. The number of carbonyl (C=O) groups excluding carboxylic acids is 1. The van der Waals surface area contributed by atoms with Crippen molar-refractivity contribution in [3.63, 3.8) is 0 Å². The zero-order chi connectivity index (χ0) is 20.5. The van der Waals surface area contributed by atoms with E-state index >= 15 is 0 Å². The van der Waals surface area contributed by atoms with E-state index in [0.717, 1.165) is 37.7 Å². The molecule has 1 amide bonds. The van der Waals surface area contributed by atoms with Crippen LogP contribution in [0, 0.1) is 11.3 Å². The summed E-state index contributed by atoms with van der Waals surface area (Å²) in [7, 11) is 0. The molecule has 0 bridgehead atoms. The minimum atomic E-state index is -0.0542. The van der Waals surface area contributed by atoms with Crippen LogP contribution in [0.1, 0.15) is 24.0 Å². The largest absolute Gasteiger partial charge is 0.301 e. The van der Waals surface area contributed by atoms with Crippen LogP contribution in [0.4, 0.5) is 5.13 Å². The van der Waals surface area contributed by atoms with Crippen LogP contribution >= 0.6 is 46.5 Å². The van der Waals surface area contributed by atoms with E-state index in [1.54, 1.807) is 35.7 Å². The molecule has 2 aromatic carbocycles. The summed E-state index contributed by atoms with van der Waals surface area (Å²) in [5.74, 6) is 1.54. The number of thioether (sulfide) groups is 2. The molecule has 0 radical (unpaired) electrons. The molecular weight excluding hydrogens is 444 g/mol. The number of hydrogen-bond donors (Lipinski definition) is 1. The van der Waals surface area contributed by atoms with Gasteiger partial charge in [-0.15, -0.1) is 22.0 Å². The van der Waals surface area contributed by atoms with Crippen molar-refractivity contribution < 1.29 is 4.79 Å². The van der Waals surface area contributed by atoms with Crippen LogP contribution < -0.4 is 5.32 Å². The average Bonchev–Trinajstić information content (AvgIpc) is 3.18. The van der Waals surface area contributed by atoms with E-state index in [-0.39, 0.29) is 5.91 Å². The van der Waals surface area contributed by atoms with Gasteiger partial charge in [-0.3, -0.25) is 4.79 Å². The summed E-state index contributed by atoms with van der Waals surface area (Å²) < 4.78 is 0.794. The quantitative estimate of drug-likeness (QED) is 0.244. The maximum Gasteiger partial charge on any atom is 0.226 e. The number of nitrogens with one attached hydrogen (secondary N) is 1. The van der Waals surface area contributed by atoms with Gasteiger partial charge in [-0.2, -0.15) is 5.26 Å². The Morgan fingerprint density at radius 1 is 1.10 bits per heavy atom. The highest BCUT2D eigenvalue weighted by molar-refractivity contribution is 8.00. The van der Waals surface area contributed by atoms with Gasteiger partial charge in [0.15, 0.2) is 4.34 Å². The smallest absolute Gasteiger partial charge is 0.226 e. The Balaban J connectivity index is 1.36. The van der Waals surface area contributed by atoms with Crippen molar-refractivity contribution in [2.75, 3.05) is 11.1 Å². The van der Waals surface area contributed by atoms with E-state index in [0.29, 0.717) is 17.1 Å². The first-order valence-electron chi connectivity index (χ1n) is 8.76. The summed E-state index contributed by atoms with van der Waals surface area (Å²) in [6.07, 6.45) is 1.21. The first-order chi connectivity index (χ1) is 14.1. The highest BCUT2D eigenvalue weighted by atomic mass is 35.5. The molecule has 0 saturated heterocycles. The van der Waals surface area contributed by atoms with Gasteiger partial charge < -0.3 is 5.32 Å². The lowest BCUT2D eigenvalue weighted by Crippen LogP contribution is -2.11.